The van der Waals surface area contributed by atoms with E-state index in [2.05, 4.69) is 20.5 Å². The van der Waals surface area contributed by atoms with Gasteiger partial charge in [0.15, 0.2) is 11.5 Å². The van der Waals surface area contributed by atoms with Crippen LogP contribution in [0.1, 0.15) is 61.1 Å². The third-order valence-electron chi connectivity index (χ3n) is 6.42. The minimum atomic E-state index is -0.536. The van der Waals surface area contributed by atoms with Gasteiger partial charge in [-0.25, -0.2) is 14.2 Å². The Bertz CT molecular complexity index is 1500. The van der Waals surface area contributed by atoms with E-state index >= 15 is 0 Å². The fourth-order valence-electron chi connectivity index (χ4n) is 4.76. The second-order valence-corrected chi connectivity index (χ2v) is 10.4. The van der Waals surface area contributed by atoms with Crippen LogP contribution >= 0.6 is 0 Å². The number of benzene rings is 1. The van der Waals surface area contributed by atoms with Crippen LogP contribution in [-0.2, 0) is 4.74 Å². The van der Waals surface area contributed by atoms with E-state index in [9.17, 15) is 14.0 Å². The van der Waals surface area contributed by atoms with Crippen molar-refractivity contribution in [3.8, 4) is 0 Å². The maximum atomic E-state index is 14.5. The number of hydrogen-bond donors (Lipinski definition) is 1. The van der Waals surface area contributed by atoms with Crippen molar-refractivity contribution in [1.29, 1.82) is 0 Å². The van der Waals surface area contributed by atoms with E-state index in [4.69, 9.17) is 4.74 Å². The number of aromatic nitrogens is 4. The second kappa shape index (κ2) is 9.42. The Labute approximate surface area is 213 Å². The zero-order chi connectivity index (χ0) is 26.3. The van der Waals surface area contributed by atoms with E-state index in [1.807, 2.05) is 26.8 Å². The molecule has 9 nitrogen and oxygen atoms in total. The Morgan fingerprint density at radius 3 is 2.65 bits per heavy atom. The first-order valence-electron chi connectivity index (χ1n) is 12.3. The quantitative estimate of drug-likeness (QED) is 0.417. The van der Waals surface area contributed by atoms with Gasteiger partial charge in [0.25, 0.3) is 5.91 Å². The number of nitrogens with zero attached hydrogens (tertiary/aromatic N) is 5. The lowest BCUT2D eigenvalue weighted by atomic mass is 9.88. The number of hydrogen-bond acceptors (Lipinski definition) is 6. The van der Waals surface area contributed by atoms with Crippen molar-refractivity contribution in [1.82, 2.24) is 24.5 Å². The summed E-state index contributed by atoms with van der Waals surface area (Å²) in [4.78, 5) is 31.5. The third-order valence-corrected chi connectivity index (χ3v) is 6.42. The van der Waals surface area contributed by atoms with E-state index in [1.165, 1.54) is 6.07 Å². The lowest BCUT2D eigenvalue weighted by molar-refractivity contribution is 0.0205. The van der Waals surface area contributed by atoms with E-state index in [0.29, 0.717) is 35.6 Å². The van der Waals surface area contributed by atoms with Crippen molar-refractivity contribution in [3.05, 3.63) is 65.5 Å². The Balaban J connectivity index is 1.37. The molecule has 5 rings (SSSR count). The number of carbonyl (C=O) groups excluding carboxylic acids is 2. The molecule has 4 aromatic rings. The van der Waals surface area contributed by atoms with Crippen LogP contribution in [0.5, 0.6) is 0 Å². The van der Waals surface area contributed by atoms with Gasteiger partial charge in [0.05, 0.1) is 23.1 Å². The number of rotatable bonds is 3. The number of anilines is 1. The lowest BCUT2D eigenvalue weighted by Crippen LogP contribution is -2.41. The molecule has 10 heteroatoms. The Morgan fingerprint density at radius 2 is 1.92 bits per heavy atom. The van der Waals surface area contributed by atoms with Gasteiger partial charge in [-0.2, -0.15) is 5.10 Å². The van der Waals surface area contributed by atoms with Crippen LogP contribution in [0.3, 0.4) is 0 Å². The molecule has 0 bridgehead atoms. The fraction of sp³-hybridized carbons (Fsp3) is 0.370. The number of nitrogens with one attached hydrogen (secondary N) is 1. The number of carbonyl (C=O) groups is 2. The predicted octanol–water partition coefficient (Wildman–Crippen LogP) is 5.09. The van der Waals surface area contributed by atoms with E-state index in [0.717, 1.165) is 23.8 Å². The Kier molecular flexibility index (Phi) is 6.26. The third kappa shape index (κ3) is 5.09. The molecule has 0 radical (unpaired) electrons. The molecule has 1 aliphatic rings. The predicted molar refractivity (Wildman–Crippen MR) is 137 cm³/mol. The molecule has 3 aromatic heterocycles. The topological polar surface area (TPSA) is 102 Å². The van der Waals surface area contributed by atoms with Gasteiger partial charge in [-0.15, -0.1) is 5.10 Å². The first-order valence-corrected chi connectivity index (χ1v) is 12.3. The highest BCUT2D eigenvalue weighted by Crippen LogP contribution is 2.33. The number of aryl methyl sites for hydroxylation is 1. The molecule has 192 valence electrons. The number of piperidine rings is 1. The highest BCUT2D eigenvalue weighted by molar-refractivity contribution is 6.12. The van der Waals surface area contributed by atoms with Crippen LogP contribution in [-0.4, -0.2) is 55.2 Å². The summed E-state index contributed by atoms with van der Waals surface area (Å²) in [6, 6.07) is 6.66. The summed E-state index contributed by atoms with van der Waals surface area (Å²) >= 11 is 0. The lowest BCUT2D eigenvalue weighted by Gasteiger charge is -2.33. The number of ether oxygens (including phenoxy) is 1. The average Bonchev–Trinajstić information content (AvgIpc) is 3.23. The molecule has 0 spiro atoms. The maximum Gasteiger partial charge on any atom is 0.410 e. The molecule has 37 heavy (non-hydrogen) atoms. The molecule has 0 saturated carbocycles. The highest BCUT2D eigenvalue weighted by Gasteiger charge is 2.29. The monoisotopic (exact) mass is 504 g/mol. The summed E-state index contributed by atoms with van der Waals surface area (Å²) in [5.41, 5.74) is 2.47. The Morgan fingerprint density at radius 1 is 1.16 bits per heavy atom. The molecule has 1 N–H and O–H groups in total. The fourth-order valence-corrected chi connectivity index (χ4v) is 4.76. The molecular formula is C27H29FN6O3. The molecular weight excluding hydrogens is 475 g/mol. The summed E-state index contributed by atoms with van der Waals surface area (Å²) in [5, 5.41) is 12.1. The van der Waals surface area contributed by atoms with Gasteiger partial charge >= 0.3 is 6.09 Å². The van der Waals surface area contributed by atoms with E-state index < -0.39 is 17.3 Å². The van der Waals surface area contributed by atoms with Crippen molar-refractivity contribution >= 4 is 34.2 Å². The molecule has 0 unspecified atom stereocenters. The van der Waals surface area contributed by atoms with Crippen LogP contribution in [0, 0.1) is 12.7 Å². The first-order chi connectivity index (χ1) is 17.6. The smallest absolute Gasteiger partial charge is 0.410 e. The van der Waals surface area contributed by atoms with Crippen molar-refractivity contribution in [2.24, 2.45) is 0 Å². The zero-order valence-corrected chi connectivity index (χ0v) is 21.3. The number of likely N-dealkylation sites (tertiary alicyclic amines) is 1. The van der Waals surface area contributed by atoms with Gasteiger partial charge in [0, 0.05) is 36.9 Å². The molecule has 2 amide bonds. The minimum Gasteiger partial charge on any atom is -0.444 e. The average molecular weight is 505 g/mol. The molecule has 0 aliphatic carbocycles. The van der Waals surface area contributed by atoms with Crippen LogP contribution < -0.4 is 5.32 Å². The van der Waals surface area contributed by atoms with Crippen LogP contribution in [0.15, 0.2) is 42.9 Å². The molecule has 4 heterocycles. The summed E-state index contributed by atoms with van der Waals surface area (Å²) in [6.07, 6.45) is 6.25. The molecule has 1 aliphatic heterocycles. The van der Waals surface area contributed by atoms with Gasteiger partial charge in [-0.1, -0.05) is 12.1 Å². The molecule has 1 fully saturated rings. The van der Waals surface area contributed by atoms with Gasteiger partial charge in [0.1, 0.15) is 11.1 Å². The maximum absolute atomic E-state index is 14.5. The van der Waals surface area contributed by atoms with Crippen LogP contribution in [0.4, 0.5) is 14.9 Å². The van der Waals surface area contributed by atoms with Crippen LogP contribution in [0.2, 0.25) is 0 Å². The number of amides is 2. The highest BCUT2D eigenvalue weighted by atomic mass is 19.1. The molecule has 1 aromatic carbocycles. The van der Waals surface area contributed by atoms with Crippen molar-refractivity contribution < 1.29 is 18.7 Å². The largest absolute Gasteiger partial charge is 0.444 e. The van der Waals surface area contributed by atoms with Gasteiger partial charge < -0.3 is 19.4 Å². The summed E-state index contributed by atoms with van der Waals surface area (Å²) < 4.78 is 21.5. The summed E-state index contributed by atoms with van der Waals surface area (Å²) in [7, 11) is 0. The van der Waals surface area contributed by atoms with Crippen LogP contribution in [0.25, 0.3) is 16.6 Å². The van der Waals surface area contributed by atoms with Gasteiger partial charge in [0.2, 0.25) is 0 Å². The van der Waals surface area contributed by atoms with E-state index in [1.54, 1.807) is 46.9 Å². The first kappa shape index (κ1) is 24.6. The normalized spacial score (nSPS) is 14.8. The second-order valence-electron chi connectivity index (χ2n) is 10.4. The number of halogens is 1. The van der Waals surface area contributed by atoms with Gasteiger partial charge in [-0.05, 0) is 58.1 Å². The van der Waals surface area contributed by atoms with Crippen molar-refractivity contribution in [3.63, 3.8) is 0 Å². The standard InChI is InChI=1S/C27H29FN6O3/c1-16-14-34-15-18(12-22(28)24(34)30-16)31-25(35)20-7-5-6-19-21(13-29-32-23(19)20)17-8-10-33(11-9-17)26(36)37-27(2,3)4/h5-7,12-15,17H,8-11H2,1-4H3,(H,31,35). The SMILES string of the molecule is Cc1cn2cc(NC(=O)c3cccc4c(C5CCN(C(=O)OC(C)(C)C)CC5)cnnc34)cc(F)c2n1. The number of pyridine rings is 1. The molecule has 0 atom stereocenters. The van der Waals surface area contributed by atoms with Crippen molar-refractivity contribution in [2.75, 3.05) is 18.4 Å². The van der Waals surface area contributed by atoms with Crippen molar-refractivity contribution in [2.45, 2.75) is 52.1 Å². The minimum absolute atomic E-state index is 0.163. The number of fused-ring (bicyclic) bond motifs is 2. The zero-order valence-electron chi connectivity index (χ0n) is 21.3. The molecule has 1 saturated heterocycles. The van der Waals surface area contributed by atoms with E-state index in [-0.39, 0.29) is 17.7 Å². The van der Waals surface area contributed by atoms with Gasteiger partial charge in [-0.3, -0.25) is 4.79 Å². The summed E-state index contributed by atoms with van der Waals surface area (Å²) in [5.74, 6) is -0.771. The summed E-state index contributed by atoms with van der Waals surface area (Å²) in [6.45, 7) is 8.49. The number of imidazole rings is 1. The Hall–Kier alpha value is -4.08.